The second-order valence-corrected chi connectivity index (χ2v) is 5.31. The van der Waals surface area contributed by atoms with E-state index in [-0.39, 0.29) is 0 Å². The lowest BCUT2D eigenvalue weighted by atomic mass is 10.0. The van der Waals surface area contributed by atoms with E-state index < -0.39 is 0 Å². The molecule has 0 bridgehead atoms. The minimum absolute atomic E-state index is 0.372. The van der Waals surface area contributed by atoms with E-state index in [1.165, 1.54) is 16.8 Å². The molecule has 2 nitrogen and oxygen atoms in total. The number of aryl methyl sites for hydroxylation is 1. The summed E-state index contributed by atoms with van der Waals surface area (Å²) in [7, 11) is 0. The second kappa shape index (κ2) is 3.39. The number of hydrogen-bond donors (Lipinski definition) is 1. The maximum Gasteiger partial charge on any atom is 0.134 e. The van der Waals surface area contributed by atoms with Crippen molar-refractivity contribution in [2.45, 2.75) is 12.8 Å². The van der Waals surface area contributed by atoms with Crippen LogP contribution in [0.4, 0.5) is 0 Å². The molecular formula is C11H10BrNOS. The first-order valence-corrected chi connectivity index (χ1v) is 6.53. The normalized spacial score (nSPS) is 18.9. The molecule has 1 atom stereocenters. The summed E-state index contributed by atoms with van der Waals surface area (Å²) in [5.74, 6) is 1.42. The lowest BCUT2D eigenvalue weighted by Gasteiger charge is -2.04. The van der Waals surface area contributed by atoms with Crippen molar-refractivity contribution in [3.05, 3.63) is 38.3 Å². The Morgan fingerprint density at radius 1 is 1.53 bits per heavy atom. The molecule has 2 aromatic heterocycles. The summed E-state index contributed by atoms with van der Waals surface area (Å²) < 4.78 is 6.70. The summed E-state index contributed by atoms with van der Waals surface area (Å²) in [4.78, 5) is 3.36. The van der Waals surface area contributed by atoms with Gasteiger partial charge in [0.1, 0.15) is 12.4 Å². The molecule has 3 heterocycles. The van der Waals surface area contributed by atoms with E-state index in [0.29, 0.717) is 5.92 Å². The van der Waals surface area contributed by atoms with Crippen LogP contribution in [0.2, 0.25) is 0 Å². The summed E-state index contributed by atoms with van der Waals surface area (Å²) in [6, 6.07) is 2.19. The average Bonchev–Trinajstić information content (AvgIpc) is 2.81. The first kappa shape index (κ1) is 9.48. The van der Waals surface area contributed by atoms with Crippen molar-refractivity contribution in [1.82, 2.24) is 4.98 Å². The minimum atomic E-state index is 0.372. The van der Waals surface area contributed by atoms with Gasteiger partial charge in [0, 0.05) is 16.6 Å². The highest BCUT2D eigenvalue weighted by molar-refractivity contribution is 9.10. The van der Waals surface area contributed by atoms with Crippen LogP contribution in [0.25, 0.3) is 0 Å². The zero-order valence-corrected chi connectivity index (χ0v) is 10.6. The van der Waals surface area contributed by atoms with Crippen LogP contribution in [0.15, 0.2) is 21.4 Å². The fourth-order valence-electron chi connectivity index (χ4n) is 1.93. The van der Waals surface area contributed by atoms with Crippen molar-refractivity contribution in [1.29, 1.82) is 0 Å². The second-order valence-electron chi connectivity index (χ2n) is 3.78. The van der Waals surface area contributed by atoms with Crippen LogP contribution in [-0.2, 0) is 0 Å². The largest absolute Gasteiger partial charge is 0.491 e. The molecular weight excluding hydrogens is 274 g/mol. The van der Waals surface area contributed by atoms with Crippen molar-refractivity contribution >= 4 is 27.3 Å². The van der Waals surface area contributed by atoms with E-state index in [2.05, 4.69) is 44.7 Å². The van der Waals surface area contributed by atoms with Crippen LogP contribution in [0.3, 0.4) is 0 Å². The quantitative estimate of drug-likeness (QED) is 0.849. The smallest absolute Gasteiger partial charge is 0.134 e. The molecule has 0 aliphatic carbocycles. The Labute approximate surface area is 100 Å². The van der Waals surface area contributed by atoms with E-state index in [0.717, 1.165) is 17.0 Å². The highest BCUT2D eigenvalue weighted by Crippen LogP contribution is 2.40. The fraction of sp³-hybridized carbons (Fsp3) is 0.273. The Kier molecular flexibility index (Phi) is 2.14. The monoisotopic (exact) mass is 283 g/mol. The molecule has 0 fully saturated rings. The van der Waals surface area contributed by atoms with Gasteiger partial charge < -0.3 is 9.72 Å². The zero-order valence-electron chi connectivity index (χ0n) is 8.21. The summed E-state index contributed by atoms with van der Waals surface area (Å²) >= 11 is 5.20. The van der Waals surface area contributed by atoms with E-state index >= 15 is 0 Å². The third-order valence-electron chi connectivity index (χ3n) is 2.78. The molecule has 15 heavy (non-hydrogen) atoms. The molecule has 4 heteroatoms. The zero-order chi connectivity index (χ0) is 10.4. The first-order valence-electron chi connectivity index (χ1n) is 4.79. The first-order chi connectivity index (χ1) is 7.25. The van der Waals surface area contributed by atoms with Gasteiger partial charge in [-0.1, -0.05) is 0 Å². The van der Waals surface area contributed by atoms with Gasteiger partial charge in [0.2, 0.25) is 0 Å². The molecule has 1 aliphatic heterocycles. The summed E-state index contributed by atoms with van der Waals surface area (Å²) in [6.45, 7) is 2.85. The summed E-state index contributed by atoms with van der Waals surface area (Å²) in [5, 5.41) is 4.25. The van der Waals surface area contributed by atoms with E-state index in [1.807, 2.05) is 0 Å². The molecule has 0 radical (unpaired) electrons. The van der Waals surface area contributed by atoms with Gasteiger partial charge >= 0.3 is 0 Å². The van der Waals surface area contributed by atoms with Crippen molar-refractivity contribution < 1.29 is 4.74 Å². The number of ether oxygens (including phenoxy) is 1. The highest BCUT2D eigenvalue weighted by Gasteiger charge is 2.27. The van der Waals surface area contributed by atoms with Crippen molar-refractivity contribution in [3.8, 4) is 5.75 Å². The van der Waals surface area contributed by atoms with Crippen LogP contribution in [0.1, 0.15) is 22.7 Å². The maximum atomic E-state index is 5.63. The van der Waals surface area contributed by atoms with Gasteiger partial charge in [-0.05, 0) is 39.9 Å². The lowest BCUT2D eigenvalue weighted by molar-refractivity contribution is 0.342. The van der Waals surface area contributed by atoms with Crippen molar-refractivity contribution in [2.75, 3.05) is 6.61 Å². The van der Waals surface area contributed by atoms with Crippen LogP contribution < -0.4 is 4.74 Å². The van der Waals surface area contributed by atoms with Gasteiger partial charge in [0.15, 0.2) is 0 Å². The van der Waals surface area contributed by atoms with Gasteiger partial charge in [-0.25, -0.2) is 0 Å². The van der Waals surface area contributed by atoms with Crippen LogP contribution >= 0.6 is 27.3 Å². The number of halogens is 1. The van der Waals surface area contributed by atoms with Gasteiger partial charge in [0.25, 0.3) is 0 Å². The summed E-state index contributed by atoms with van der Waals surface area (Å²) in [6.07, 6.45) is 0. The number of aromatic nitrogens is 1. The number of thiophene rings is 1. The van der Waals surface area contributed by atoms with Gasteiger partial charge in [0.05, 0.1) is 10.5 Å². The molecule has 1 aliphatic rings. The van der Waals surface area contributed by atoms with Crippen LogP contribution in [0, 0.1) is 6.92 Å². The predicted molar refractivity (Wildman–Crippen MR) is 64.9 cm³/mol. The van der Waals surface area contributed by atoms with E-state index in [9.17, 15) is 0 Å². The Bertz CT molecular complexity index is 483. The standard InChI is InChI=1S/C11H10BrNOS/c1-6-2-9(13-11(6)12)7-3-14-10-5-15-4-8(7)10/h2,4-5,7,13H,3H2,1H3. The Morgan fingerprint density at radius 2 is 2.40 bits per heavy atom. The number of fused-ring (bicyclic) bond motifs is 1. The SMILES string of the molecule is Cc1cc(C2COc3cscc32)[nH]c1Br. The van der Waals surface area contributed by atoms with E-state index in [1.54, 1.807) is 11.3 Å². The number of rotatable bonds is 1. The molecule has 78 valence electrons. The van der Waals surface area contributed by atoms with E-state index in [4.69, 9.17) is 4.74 Å². The Hall–Kier alpha value is -0.740. The molecule has 0 amide bonds. The third-order valence-corrected chi connectivity index (χ3v) is 4.35. The minimum Gasteiger partial charge on any atom is -0.491 e. The topological polar surface area (TPSA) is 25.0 Å². The summed E-state index contributed by atoms with van der Waals surface area (Å²) in [5.41, 5.74) is 3.79. The van der Waals surface area contributed by atoms with Gasteiger partial charge in [-0.2, -0.15) is 0 Å². The number of aromatic amines is 1. The molecule has 1 N–H and O–H groups in total. The molecule has 1 unspecified atom stereocenters. The van der Waals surface area contributed by atoms with Crippen LogP contribution in [0.5, 0.6) is 5.75 Å². The molecule has 2 aromatic rings. The average molecular weight is 284 g/mol. The molecule has 3 rings (SSSR count). The Balaban J connectivity index is 2.03. The maximum absolute atomic E-state index is 5.63. The molecule has 0 spiro atoms. The van der Waals surface area contributed by atoms with Crippen molar-refractivity contribution in [3.63, 3.8) is 0 Å². The predicted octanol–water partition coefficient (Wildman–Crippen LogP) is 3.67. The highest BCUT2D eigenvalue weighted by atomic mass is 79.9. The van der Waals surface area contributed by atoms with Gasteiger partial charge in [-0.3, -0.25) is 0 Å². The van der Waals surface area contributed by atoms with Crippen molar-refractivity contribution in [2.24, 2.45) is 0 Å². The number of hydrogen-bond acceptors (Lipinski definition) is 2. The van der Waals surface area contributed by atoms with Gasteiger partial charge in [-0.15, -0.1) is 11.3 Å². The number of nitrogens with one attached hydrogen (secondary N) is 1. The fourth-order valence-corrected chi connectivity index (χ4v) is 3.10. The lowest BCUT2D eigenvalue weighted by Crippen LogP contribution is -2.02. The molecule has 0 saturated carbocycles. The molecule has 0 aromatic carbocycles. The third kappa shape index (κ3) is 1.43. The molecule has 0 saturated heterocycles. The number of H-pyrrole nitrogens is 1. The van der Waals surface area contributed by atoms with Crippen LogP contribution in [-0.4, -0.2) is 11.6 Å². The Morgan fingerprint density at radius 3 is 3.13 bits per heavy atom.